The highest BCUT2D eigenvalue weighted by atomic mass is 16.1. The molecule has 0 saturated heterocycles. The van der Waals surface area contributed by atoms with Crippen molar-refractivity contribution >= 4 is 5.91 Å². The van der Waals surface area contributed by atoms with E-state index < -0.39 is 0 Å². The molecular formula is C12H25NO. The summed E-state index contributed by atoms with van der Waals surface area (Å²) in [5.41, 5.74) is 5.61. The molecule has 84 valence electrons. The average molecular weight is 199 g/mol. The van der Waals surface area contributed by atoms with Crippen molar-refractivity contribution in [2.45, 2.75) is 65.7 Å². The van der Waals surface area contributed by atoms with Crippen LogP contribution in [0.5, 0.6) is 0 Å². The van der Waals surface area contributed by atoms with Gasteiger partial charge in [-0.3, -0.25) is 4.79 Å². The van der Waals surface area contributed by atoms with Gasteiger partial charge in [0.15, 0.2) is 0 Å². The van der Waals surface area contributed by atoms with Gasteiger partial charge in [0.25, 0.3) is 0 Å². The van der Waals surface area contributed by atoms with Crippen LogP contribution in [0.2, 0.25) is 0 Å². The Morgan fingerprint density at radius 2 is 1.57 bits per heavy atom. The maximum atomic E-state index is 10.6. The van der Waals surface area contributed by atoms with Crippen molar-refractivity contribution in [3.63, 3.8) is 0 Å². The molecule has 0 atom stereocenters. The van der Waals surface area contributed by atoms with E-state index in [9.17, 15) is 4.79 Å². The summed E-state index contributed by atoms with van der Waals surface area (Å²) in [5.74, 6) is -0.167. The highest BCUT2D eigenvalue weighted by Gasteiger charge is 2.22. The van der Waals surface area contributed by atoms with E-state index in [1.807, 2.05) is 0 Å². The number of hydrogen-bond donors (Lipinski definition) is 1. The Kier molecular flexibility index (Phi) is 6.60. The molecule has 0 aliphatic heterocycles. The lowest BCUT2D eigenvalue weighted by atomic mass is 9.75. The predicted octanol–water partition coefficient (Wildman–Crippen LogP) is 3.25. The minimum atomic E-state index is -0.167. The zero-order valence-corrected chi connectivity index (χ0v) is 9.94. The number of carbonyl (C=O) groups is 1. The van der Waals surface area contributed by atoms with Crippen molar-refractivity contribution < 1.29 is 4.79 Å². The molecule has 0 heterocycles. The fourth-order valence-electron chi connectivity index (χ4n) is 2.08. The smallest absolute Gasteiger partial charge is 0.217 e. The van der Waals surface area contributed by atoms with E-state index in [4.69, 9.17) is 5.73 Å². The zero-order chi connectivity index (χ0) is 11.0. The maximum absolute atomic E-state index is 10.6. The molecular weight excluding hydrogens is 174 g/mol. The van der Waals surface area contributed by atoms with Gasteiger partial charge in [0, 0.05) is 6.42 Å². The van der Waals surface area contributed by atoms with Crippen molar-refractivity contribution in [1.29, 1.82) is 0 Å². The molecule has 2 heteroatoms. The second-order valence-electron chi connectivity index (χ2n) is 4.23. The molecule has 2 N–H and O–H groups in total. The molecule has 0 rings (SSSR count). The van der Waals surface area contributed by atoms with Gasteiger partial charge in [0.2, 0.25) is 5.91 Å². The number of unbranched alkanes of at least 4 members (excludes halogenated alkanes) is 1. The van der Waals surface area contributed by atoms with Gasteiger partial charge in [-0.1, -0.05) is 46.5 Å². The summed E-state index contributed by atoms with van der Waals surface area (Å²) in [7, 11) is 0. The van der Waals surface area contributed by atoms with Crippen molar-refractivity contribution in [2.24, 2.45) is 11.1 Å². The summed E-state index contributed by atoms with van der Waals surface area (Å²) in [6.45, 7) is 6.79. The Morgan fingerprint density at radius 3 is 1.93 bits per heavy atom. The molecule has 0 aromatic heterocycles. The van der Waals surface area contributed by atoms with E-state index in [1.54, 1.807) is 0 Å². The Labute approximate surface area is 88.3 Å². The number of hydrogen-bond acceptors (Lipinski definition) is 1. The molecule has 1 amide bonds. The summed E-state index contributed by atoms with van der Waals surface area (Å²) in [4.78, 5) is 10.6. The highest BCUT2D eigenvalue weighted by molar-refractivity contribution is 5.73. The monoisotopic (exact) mass is 199 g/mol. The van der Waals surface area contributed by atoms with Gasteiger partial charge in [-0.25, -0.2) is 0 Å². The van der Waals surface area contributed by atoms with Crippen molar-refractivity contribution in [3.05, 3.63) is 0 Å². The summed E-state index contributed by atoms with van der Waals surface area (Å²) in [6, 6.07) is 0. The van der Waals surface area contributed by atoms with Crippen molar-refractivity contribution in [2.75, 3.05) is 0 Å². The number of rotatable bonds is 8. The molecule has 0 radical (unpaired) electrons. The van der Waals surface area contributed by atoms with Crippen LogP contribution in [0.25, 0.3) is 0 Å². The minimum Gasteiger partial charge on any atom is -0.370 e. The third kappa shape index (κ3) is 4.64. The number of carbonyl (C=O) groups excluding carboxylic acids is 1. The molecule has 14 heavy (non-hydrogen) atoms. The minimum absolute atomic E-state index is 0.167. The third-order valence-corrected chi connectivity index (χ3v) is 3.63. The quantitative estimate of drug-likeness (QED) is 0.599. The lowest BCUT2D eigenvalue weighted by molar-refractivity contribution is -0.118. The van der Waals surface area contributed by atoms with E-state index in [1.165, 1.54) is 25.7 Å². The fraction of sp³-hybridized carbons (Fsp3) is 0.917. The first-order valence-electron chi connectivity index (χ1n) is 5.88. The van der Waals surface area contributed by atoms with Gasteiger partial charge in [0.1, 0.15) is 0 Å². The number of nitrogens with two attached hydrogens (primary N) is 1. The lowest BCUT2D eigenvalue weighted by Crippen LogP contribution is -2.18. The largest absolute Gasteiger partial charge is 0.370 e. The van der Waals surface area contributed by atoms with Crippen LogP contribution in [0.1, 0.15) is 65.7 Å². The molecule has 0 bridgehead atoms. The van der Waals surface area contributed by atoms with Crippen LogP contribution in [-0.4, -0.2) is 5.91 Å². The van der Waals surface area contributed by atoms with Gasteiger partial charge >= 0.3 is 0 Å². The number of primary amides is 1. The molecule has 0 unspecified atom stereocenters. The first kappa shape index (κ1) is 13.5. The Hall–Kier alpha value is -0.530. The molecule has 0 aromatic rings. The molecule has 0 aliphatic carbocycles. The van der Waals surface area contributed by atoms with Crippen molar-refractivity contribution in [1.82, 2.24) is 0 Å². The van der Waals surface area contributed by atoms with Gasteiger partial charge in [-0.15, -0.1) is 0 Å². The van der Waals surface area contributed by atoms with E-state index >= 15 is 0 Å². The summed E-state index contributed by atoms with van der Waals surface area (Å²) in [6.07, 6.45) is 7.62. The van der Waals surface area contributed by atoms with Crippen LogP contribution in [0.3, 0.4) is 0 Å². The molecule has 0 fully saturated rings. The highest BCUT2D eigenvalue weighted by Crippen LogP contribution is 2.35. The second-order valence-corrected chi connectivity index (χ2v) is 4.23. The maximum Gasteiger partial charge on any atom is 0.217 e. The summed E-state index contributed by atoms with van der Waals surface area (Å²) >= 11 is 0. The molecule has 0 saturated carbocycles. The van der Waals surface area contributed by atoms with E-state index in [0.717, 1.165) is 12.8 Å². The van der Waals surface area contributed by atoms with E-state index in [0.29, 0.717) is 11.8 Å². The van der Waals surface area contributed by atoms with Crippen LogP contribution >= 0.6 is 0 Å². The molecule has 2 nitrogen and oxygen atoms in total. The van der Waals surface area contributed by atoms with Gasteiger partial charge in [-0.05, 0) is 18.3 Å². The van der Waals surface area contributed by atoms with Crippen molar-refractivity contribution in [3.8, 4) is 0 Å². The molecule has 0 aromatic carbocycles. The van der Waals surface area contributed by atoms with E-state index in [-0.39, 0.29) is 5.91 Å². The van der Waals surface area contributed by atoms with Crippen LogP contribution < -0.4 is 5.73 Å². The fourth-order valence-corrected chi connectivity index (χ4v) is 2.08. The van der Waals surface area contributed by atoms with Crippen LogP contribution in [0.15, 0.2) is 0 Å². The van der Waals surface area contributed by atoms with Gasteiger partial charge in [-0.2, -0.15) is 0 Å². The second kappa shape index (κ2) is 6.86. The van der Waals surface area contributed by atoms with Crippen LogP contribution in [0, 0.1) is 5.41 Å². The SMILES string of the molecule is CCC(CC)(CC)CCCCC(N)=O. The average Bonchev–Trinajstić information content (AvgIpc) is 2.19. The summed E-state index contributed by atoms with van der Waals surface area (Å²) in [5, 5.41) is 0. The Balaban J connectivity index is 3.77. The topological polar surface area (TPSA) is 43.1 Å². The van der Waals surface area contributed by atoms with Crippen LogP contribution in [0.4, 0.5) is 0 Å². The predicted molar refractivity (Wildman–Crippen MR) is 61.0 cm³/mol. The van der Waals surface area contributed by atoms with E-state index in [2.05, 4.69) is 20.8 Å². The lowest BCUT2D eigenvalue weighted by Gasteiger charge is -2.30. The number of amides is 1. The summed E-state index contributed by atoms with van der Waals surface area (Å²) < 4.78 is 0. The van der Waals surface area contributed by atoms with Crippen LogP contribution in [-0.2, 0) is 4.79 Å². The Bertz CT molecular complexity index is 153. The van der Waals surface area contributed by atoms with Gasteiger partial charge < -0.3 is 5.73 Å². The normalized spacial score (nSPS) is 11.6. The van der Waals surface area contributed by atoms with Gasteiger partial charge in [0.05, 0.1) is 0 Å². The first-order chi connectivity index (χ1) is 6.60. The molecule has 0 aliphatic rings. The molecule has 0 spiro atoms. The standard InChI is InChI=1S/C12H25NO/c1-4-12(5-2,6-3)10-8-7-9-11(13)14/h4-10H2,1-3H3,(H2,13,14). The third-order valence-electron chi connectivity index (χ3n) is 3.63. The first-order valence-corrected chi connectivity index (χ1v) is 5.88. The Morgan fingerprint density at radius 1 is 1.07 bits per heavy atom. The zero-order valence-electron chi connectivity index (χ0n) is 9.94.